The van der Waals surface area contributed by atoms with E-state index in [0.717, 1.165) is 0 Å². The third kappa shape index (κ3) is 4.14. The molecule has 140 valence electrons. The zero-order valence-electron chi connectivity index (χ0n) is 14.7. The number of ether oxygens (including phenoxy) is 1. The van der Waals surface area contributed by atoms with Gasteiger partial charge in [0.2, 0.25) is 10.0 Å². The van der Waals surface area contributed by atoms with Crippen molar-refractivity contribution in [3.8, 4) is 0 Å². The molecule has 3 rings (SSSR count). The van der Waals surface area contributed by atoms with Crippen LogP contribution in [0, 0.1) is 0 Å². The summed E-state index contributed by atoms with van der Waals surface area (Å²) in [5, 5.41) is 2.73. The van der Waals surface area contributed by atoms with Crippen LogP contribution in [-0.4, -0.2) is 43.9 Å². The number of nitrogens with one attached hydrogen (secondary N) is 1. The Bertz CT molecular complexity index is 836. The molecule has 0 spiro atoms. The zero-order valence-corrected chi connectivity index (χ0v) is 15.5. The fraction of sp³-hybridized carbons (Fsp3) is 0.389. The summed E-state index contributed by atoms with van der Waals surface area (Å²) < 4.78 is 37.8. The predicted octanol–water partition coefficient (Wildman–Crippen LogP) is 2.01. The van der Waals surface area contributed by atoms with Gasteiger partial charge in [0.15, 0.2) is 0 Å². The maximum atomic E-state index is 12.8. The molecule has 0 aliphatic carbocycles. The molecule has 1 saturated heterocycles. The van der Waals surface area contributed by atoms with E-state index in [1.54, 1.807) is 12.1 Å². The Morgan fingerprint density at radius 3 is 2.38 bits per heavy atom. The quantitative estimate of drug-likeness (QED) is 0.860. The van der Waals surface area contributed by atoms with Crippen LogP contribution >= 0.6 is 0 Å². The van der Waals surface area contributed by atoms with E-state index in [0.29, 0.717) is 24.4 Å². The van der Waals surface area contributed by atoms with Crippen LogP contribution < -0.4 is 5.32 Å². The van der Waals surface area contributed by atoms with Crippen LogP contribution in [0.15, 0.2) is 52.0 Å². The van der Waals surface area contributed by atoms with Crippen molar-refractivity contribution in [2.24, 2.45) is 0 Å². The first-order valence-electron chi connectivity index (χ1n) is 8.42. The number of nitrogens with zero attached hydrogens (tertiary/aromatic N) is 1. The normalized spacial score (nSPS) is 21.5. The molecule has 0 saturated carbocycles. The molecule has 26 heavy (non-hydrogen) atoms. The molecule has 2 unspecified atom stereocenters. The van der Waals surface area contributed by atoms with Crippen molar-refractivity contribution in [1.29, 1.82) is 0 Å². The van der Waals surface area contributed by atoms with Crippen molar-refractivity contribution in [1.82, 2.24) is 9.62 Å². The summed E-state index contributed by atoms with van der Waals surface area (Å²) in [5.41, 5.74) is 0.388. The number of carbonyl (C=O) groups excluding carboxylic acids is 1. The molecule has 0 radical (unpaired) electrons. The number of benzene rings is 1. The summed E-state index contributed by atoms with van der Waals surface area (Å²) in [6, 6.07) is 9.45. The molecule has 8 heteroatoms. The second-order valence-corrected chi connectivity index (χ2v) is 8.30. The van der Waals surface area contributed by atoms with E-state index in [1.165, 1.54) is 34.8 Å². The fourth-order valence-corrected chi connectivity index (χ4v) is 4.53. The van der Waals surface area contributed by atoms with Gasteiger partial charge >= 0.3 is 0 Å². The highest BCUT2D eigenvalue weighted by atomic mass is 32.2. The van der Waals surface area contributed by atoms with Gasteiger partial charge in [-0.2, -0.15) is 4.31 Å². The third-order valence-corrected chi connectivity index (χ3v) is 5.99. The van der Waals surface area contributed by atoms with E-state index in [9.17, 15) is 13.2 Å². The Balaban J connectivity index is 1.69. The summed E-state index contributed by atoms with van der Waals surface area (Å²) in [4.78, 5) is 12.3. The van der Waals surface area contributed by atoms with Crippen LogP contribution in [0.2, 0.25) is 0 Å². The number of furan rings is 1. The molecular formula is C18H22N2O5S. The predicted molar refractivity (Wildman–Crippen MR) is 95.1 cm³/mol. The van der Waals surface area contributed by atoms with Crippen molar-refractivity contribution < 1.29 is 22.4 Å². The first-order chi connectivity index (χ1) is 12.4. The molecule has 1 aromatic heterocycles. The number of carbonyl (C=O) groups is 1. The van der Waals surface area contributed by atoms with E-state index < -0.39 is 10.0 Å². The van der Waals surface area contributed by atoms with Gasteiger partial charge in [0.25, 0.3) is 5.91 Å². The van der Waals surface area contributed by atoms with Crippen LogP contribution in [-0.2, 0) is 21.3 Å². The Hall–Kier alpha value is -2.16. The van der Waals surface area contributed by atoms with E-state index >= 15 is 0 Å². The van der Waals surface area contributed by atoms with Crippen LogP contribution in [0.5, 0.6) is 0 Å². The molecule has 0 bridgehead atoms. The minimum atomic E-state index is -3.61. The van der Waals surface area contributed by atoms with Gasteiger partial charge in [-0.3, -0.25) is 4.79 Å². The summed E-state index contributed by atoms with van der Waals surface area (Å²) in [6.07, 6.45) is 1.23. The average molecular weight is 378 g/mol. The SMILES string of the molecule is CC1CN(S(=O)(=O)c2ccc(C(=O)NCc3ccco3)cc2)CC(C)O1. The van der Waals surface area contributed by atoms with E-state index in [1.807, 2.05) is 13.8 Å². The smallest absolute Gasteiger partial charge is 0.251 e. The lowest BCUT2D eigenvalue weighted by molar-refractivity contribution is -0.0440. The number of hydrogen-bond donors (Lipinski definition) is 1. The van der Waals surface area contributed by atoms with Crippen molar-refractivity contribution in [3.05, 3.63) is 54.0 Å². The van der Waals surface area contributed by atoms with Crippen LogP contribution in [0.4, 0.5) is 0 Å². The zero-order chi connectivity index (χ0) is 18.7. The highest BCUT2D eigenvalue weighted by molar-refractivity contribution is 7.89. The lowest BCUT2D eigenvalue weighted by Crippen LogP contribution is -2.48. The molecular weight excluding hydrogens is 356 g/mol. The van der Waals surface area contributed by atoms with Crippen LogP contribution in [0.3, 0.4) is 0 Å². The Labute approximate surface area is 153 Å². The molecule has 1 amide bonds. The third-order valence-electron chi connectivity index (χ3n) is 4.14. The van der Waals surface area contributed by atoms with Crippen molar-refractivity contribution in [3.63, 3.8) is 0 Å². The average Bonchev–Trinajstić information content (AvgIpc) is 3.12. The first-order valence-corrected chi connectivity index (χ1v) is 9.86. The monoisotopic (exact) mass is 378 g/mol. The lowest BCUT2D eigenvalue weighted by Gasteiger charge is -2.34. The van der Waals surface area contributed by atoms with Gasteiger partial charge in [0.05, 0.1) is 29.9 Å². The van der Waals surface area contributed by atoms with Crippen molar-refractivity contribution >= 4 is 15.9 Å². The molecule has 1 fully saturated rings. The van der Waals surface area contributed by atoms with Gasteiger partial charge in [-0.05, 0) is 50.2 Å². The van der Waals surface area contributed by atoms with E-state index in [-0.39, 0.29) is 29.6 Å². The molecule has 1 aliphatic heterocycles. The summed E-state index contributed by atoms with van der Waals surface area (Å²) in [6.45, 7) is 4.61. The molecule has 1 aromatic carbocycles. The van der Waals surface area contributed by atoms with Gasteiger partial charge in [0.1, 0.15) is 5.76 Å². The topological polar surface area (TPSA) is 88.9 Å². The van der Waals surface area contributed by atoms with Gasteiger partial charge in [-0.15, -0.1) is 0 Å². The van der Waals surface area contributed by atoms with Crippen molar-refractivity contribution in [2.45, 2.75) is 37.5 Å². The minimum absolute atomic E-state index is 0.153. The number of sulfonamides is 1. The largest absolute Gasteiger partial charge is 0.467 e. The van der Waals surface area contributed by atoms with Crippen LogP contribution in [0.1, 0.15) is 30.0 Å². The second-order valence-electron chi connectivity index (χ2n) is 6.37. The second kappa shape index (κ2) is 7.61. The van der Waals surface area contributed by atoms with Crippen LogP contribution in [0.25, 0.3) is 0 Å². The molecule has 1 aliphatic rings. The number of hydrogen-bond acceptors (Lipinski definition) is 5. The molecule has 2 aromatic rings. The maximum Gasteiger partial charge on any atom is 0.251 e. The maximum absolute atomic E-state index is 12.8. The lowest BCUT2D eigenvalue weighted by atomic mass is 10.2. The summed E-state index contributed by atoms with van der Waals surface area (Å²) in [7, 11) is -3.61. The van der Waals surface area contributed by atoms with E-state index in [2.05, 4.69) is 5.32 Å². The molecule has 7 nitrogen and oxygen atoms in total. The Morgan fingerprint density at radius 2 is 1.81 bits per heavy atom. The van der Waals surface area contributed by atoms with E-state index in [4.69, 9.17) is 9.15 Å². The number of morpholine rings is 1. The number of rotatable bonds is 5. The standard InChI is InChI=1S/C18H22N2O5S/c1-13-11-20(12-14(2)25-13)26(22,23)17-7-5-15(6-8-17)18(21)19-10-16-4-3-9-24-16/h3-9,13-14H,10-12H2,1-2H3,(H,19,21). The highest BCUT2D eigenvalue weighted by Crippen LogP contribution is 2.21. The van der Waals surface area contributed by atoms with Crippen molar-refractivity contribution in [2.75, 3.05) is 13.1 Å². The fourth-order valence-electron chi connectivity index (χ4n) is 2.94. The molecule has 2 heterocycles. The van der Waals surface area contributed by atoms with Gasteiger partial charge in [-0.25, -0.2) is 8.42 Å². The highest BCUT2D eigenvalue weighted by Gasteiger charge is 2.32. The molecule has 1 N–H and O–H groups in total. The van der Waals surface area contributed by atoms with Gasteiger partial charge in [-0.1, -0.05) is 0 Å². The molecule has 2 atom stereocenters. The minimum Gasteiger partial charge on any atom is -0.467 e. The van der Waals surface area contributed by atoms with Gasteiger partial charge in [0, 0.05) is 18.7 Å². The summed E-state index contributed by atoms with van der Waals surface area (Å²) in [5.74, 6) is 0.354. The summed E-state index contributed by atoms with van der Waals surface area (Å²) >= 11 is 0. The first kappa shape index (κ1) is 18.6. The Kier molecular flexibility index (Phi) is 5.45. The Morgan fingerprint density at radius 1 is 1.15 bits per heavy atom. The van der Waals surface area contributed by atoms with Gasteiger partial charge < -0.3 is 14.5 Å². The number of amides is 1.